The number of halogens is 1. The lowest BCUT2D eigenvalue weighted by atomic mass is 9.91. The lowest BCUT2D eigenvalue weighted by molar-refractivity contribution is -0.143. The second kappa shape index (κ2) is 21.8. The minimum atomic E-state index is -0.645. The van der Waals surface area contributed by atoms with Crippen LogP contribution in [-0.2, 0) is 4.79 Å². The summed E-state index contributed by atoms with van der Waals surface area (Å²) >= 11 is 1.87. The third-order valence-corrected chi connectivity index (χ3v) is 9.34. The predicted molar refractivity (Wildman–Crippen MR) is 176 cm³/mol. The van der Waals surface area contributed by atoms with Crippen LogP contribution in [0.4, 0.5) is 4.39 Å². The van der Waals surface area contributed by atoms with Crippen LogP contribution >= 0.6 is 11.8 Å². The van der Waals surface area contributed by atoms with Gasteiger partial charge in [0.05, 0.1) is 5.92 Å². The molecule has 0 amide bonds. The quantitative estimate of drug-likeness (QED) is 0.266. The SMILES string of the molecule is C.CC1CC[C@@H](CN2CCC(CCSc3ccc(F)cc3)CC2)C1.CCCCC(C(=O)O)C(C)C.c1ccccc1. The number of piperidine rings is 1. The Bertz CT molecular complexity index is 873. The monoisotopic (exact) mass is 587 g/mol. The van der Waals surface area contributed by atoms with E-state index >= 15 is 0 Å². The van der Waals surface area contributed by atoms with Crippen LogP contribution in [0.2, 0.25) is 0 Å². The first-order valence-corrected chi connectivity index (χ1v) is 16.6. The van der Waals surface area contributed by atoms with Crippen molar-refractivity contribution in [1.82, 2.24) is 4.90 Å². The van der Waals surface area contributed by atoms with Gasteiger partial charge < -0.3 is 10.0 Å². The molecule has 1 saturated heterocycles. The zero-order valence-corrected chi connectivity index (χ0v) is 26.3. The van der Waals surface area contributed by atoms with Crippen molar-refractivity contribution in [3.05, 3.63) is 66.5 Å². The Balaban J connectivity index is 0.000000388. The molecular formula is C36H58FNO2S. The molecular weight excluding hydrogens is 529 g/mol. The number of carbonyl (C=O) groups is 1. The Hall–Kier alpha value is -1.85. The molecule has 232 valence electrons. The number of likely N-dealkylation sites (tertiary alicyclic amines) is 1. The molecule has 2 fully saturated rings. The summed E-state index contributed by atoms with van der Waals surface area (Å²) < 4.78 is 12.9. The van der Waals surface area contributed by atoms with Gasteiger partial charge in [0.1, 0.15) is 5.82 Å². The molecule has 0 aromatic heterocycles. The predicted octanol–water partition coefficient (Wildman–Crippen LogP) is 10.3. The van der Waals surface area contributed by atoms with Crippen LogP contribution < -0.4 is 0 Å². The maximum absolute atomic E-state index is 12.9. The topological polar surface area (TPSA) is 40.5 Å². The van der Waals surface area contributed by atoms with Crippen LogP contribution in [0.25, 0.3) is 0 Å². The van der Waals surface area contributed by atoms with Gasteiger partial charge in [-0.15, -0.1) is 11.8 Å². The minimum Gasteiger partial charge on any atom is -0.481 e. The molecule has 1 saturated carbocycles. The summed E-state index contributed by atoms with van der Waals surface area (Å²) in [5.74, 6) is 3.32. The first kappa shape index (κ1) is 37.2. The van der Waals surface area contributed by atoms with Gasteiger partial charge >= 0.3 is 5.97 Å². The van der Waals surface area contributed by atoms with Crippen molar-refractivity contribution in [3.8, 4) is 0 Å². The molecule has 2 aromatic carbocycles. The maximum Gasteiger partial charge on any atom is 0.306 e. The lowest BCUT2D eigenvalue weighted by Crippen LogP contribution is -2.36. The molecule has 4 rings (SSSR count). The van der Waals surface area contributed by atoms with Crippen LogP contribution in [0, 0.1) is 35.4 Å². The Morgan fingerprint density at radius 3 is 2.02 bits per heavy atom. The third-order valence-electron chi connectivity index (χ3n) is 8.29. The number of hydrogen-bond acceptors (Lipinski definition) is 3. The summed E-state index contributed by atoms with van der Waals surface area (Å²) in [5, 5.41) is 8.77. The van der Waals surface area contributed by atoms with Gasteiger partial charge in [0.2, 0.25) is 0 Å². The van der Waals surface area contributed by atoms with Gasteiger partial charge in [-0.25, -0.2) is 4.39 Å². The van der Waals surface area contributed by atoms with Crippen LogP contribution in [0.3, 0.4) is 0 Å². The highest BCUT2D eigenvalue weighted by molar-refractivity contribution is 7.99. The number of nitrogens with zero attached hydrogens (tertiary/aromatic N) is 1. The number of aliphatic carboxylic acids is 1. The van der Waals surface area contributed by atoms with Gasteiger partial charge in [-0.05, 0) is 105 Å². The van der Waals surface area contributed by atoms with Crippen molar-refractivity contribution in [2.75, 3.05) is 25.4 Å². The molecule has 2 unspecified atom stereocenters. The van der Waals surface area contributed by atoms with Crippen LogP contribution in [0.1, 0.15) is 92.9 Å². The normalized spacial score (nSPS) is 19.8. The van der Waals surface area contributed by atoms with E-state index in [0.717, 1.165) is 42.8 Å². The molecule has 3 nitrogen and oxygen atoms in total. The molecule has 0 radical (unpaired) electrons. The number of benzene rings is 2. The standard InChI is InChI=1S/C20H30FNS.C9H18O2.C6H6.CH4/c1-16-2-3-18(14-16)15-22-11-8-17(9-12-22)10-13-23-20-6-4-19(21)5-7-20;1-4-5-6-8(7(2)3)9(10)11;1-2-4-6-5-3-1;/h4-7,16-18H,2-3,8-15H2,1H3;7-8H,4-6H2,1-3H3,(H,10,11);1-6H;1H4/t16?,18-;;;/m1.../s1. The van der Waals surface area contributed by atoms with E-state index in [1.54, 1.807) is 12.1 Å². The van der Waals surface area contributed by atoms with Gasteiger partial charge in [0.25, 0.3) is 0 Å². The number of thioether (sulfide) groups is 1. The zero-order chi connectivity index (χ0) is 29.2. The van der Waals surface area contributed by atoms with E-state index in [-0.39, 0.29) is 25.1 Å². The van der Waals surface area contributed by atoms with Crippen molar-refractivity contribution in [2.24, 2.45) is 29.6 Å². The first-order chi connectivity index (χ1) is 19.3. The lowest BCUT2D eigenvalue weighted by Gasteiger charge is -2.33. The van der Waals surface area contributed by atoms with E-state index < -0.39 is 5.97 Å². The highest BCUT2D eigenvalue weighted by Crippen LogP contribution is 2.32. The van der Waals surface area contributed by atoms with E-state index in [0.29, 0.717) is 0 Å². The zero-order valence-electron chi connectivity index (χ0n) is 25.4. The Kier molecular flexibility index (Phi) is 19.8. The van der Waals surface area contributed by atoms with E-state index in [2.05, 4.69) is 18.7 Å². The van der Waals surface area contributed by atoms with Crippen LogP contribution in [0.5, 0.6) is 0 Å². The average molecular weight is 588 g/mol. The molecule has 1 N–H and O–H groups in total. The van der Waals surface area contributed by atoms with Gasteiger partial charge in [-0.3, -0.25) is 4.79 Å². The molecule has 1 heterocycles. The number of rotatable bonds is 11. The third kappa shape index (κ3) is 16.4. The van der Waals surface area contributed by atoms with E-state index in [1.807, 2.05) is 74.1 Å². The fourth-order valence-electron chi connectivity index (χ4n) is 5.74. The van der Waals surface area contributed by atoms with E-state index in [9.17, 15) is 9.18 Å². The second-order valence-electron chi connectivity index (χ2n) is 12.1. The molecule has 1 aliphatic heterocycles. The number of carboxylic acids is 1. The number of unbranched alkanes of at least 4 members (excludes halogenated alkanes) is 1. The average Bonchev–Trinajstić information content (AvgIpc) is 3.36. The summed E-state index contributed by atoms with van der Waals surface area (Å²) in [6, 6.07) is 18.9. The van der Waals surface area contributed by atoms with Gasteiger partial charge in [0.15, 0.2) is 0 Å². The number of carboxylic acid groups (broad SMARTS) is 1. The van der Waals surface area contributed by atoms with Crippen molar-refractivity contribution >= 4 is 17.7 Å². The van der Waals surface area contributed by atoms with Gasteiger partial charge in [-0.1, -0.05) is 90.8 Å². The smallest absolute Gasteiger partial charge is 0.306 e. The fraction of sp³-hybridized carbons (Fsp3) is 0.639. The van der Waals surface area contributed by atoms with Crippen LogP contribution in [0.15, 0.2) is 65.6 Å². The van der Waals surface area contributed by atoms with Gasteiger partial charge in [-0.2, -0.15) is 0 Å². The molecule has 3 atom stereocenters. The van der Waals surface area contributed by atoms with Gasteiger partial charge in [0, 0.05) is 11.4 Å². The summed E-state index contributed by atoms with van der Waals surface area (Å²) in [6.45, 7) is 12.4. The molecule has 2 aromatic rings. The Labute approximate surface area is 255 Å². The van der Waals surface area contributed by atoms with Crippen molar-refractivity contribution in [3.63, 3.8) is 0 Å². The Morgan fingerprint density at radius 1 is 0.976 bits per heavy atom. The maximum atomic E-state index is 12.9. The van der Waals surface area contributed by atoms with Crippen LogP contribution in [-0.4, -0.2) is 41.4 Å². The van der Waals surface area contributed by atoms with Crippen molar-refractivity contribution < 1.29 is 14.3 Å². The molecule has 1 aliphatic carbocycles. The highest BCUT2D eigenvalue weighted by Gasteiger charge is 2.26. The van der Waals surface area contributed by atoms with E-state index in [4.69, 9.17) is 5.11 Å². The summed E-state index contributed by atoms with van der Waals surface area (Å²) in [6.07, 6.45) is 11.3. The minimum absolute atomic E-state index is 0. The second-order valence-corrected chi connectivity index (χ2v) is 13.3. The van der Waals surface area contributed by atoms with Crippen molar-refractivity contribution in [2.45, 2.75) is 97.8 Å². The molecule has 5 heteroatoms. The summed E-state index contributed by atoms with van der Waals surface area (Å²) in [5.41, 5.74) is 0. The molecule has 0 bridgehead atoms. The number of hydrogen-bond donors (Lipinski definition) is 1. The van der Waals surface area contributed by atoms with E-state index in [1.165, 1.54) is 63.1 Å². The van der Waals surface area contributed by atoms with Crippen molar-refractivity contribution in [1.29, 1.82) is 0 Å². The summed E-state index contributed by atoms with van der Waals surface area (Å²) in [7, 11) is 0. The largest absolute Gasteiger partial charge is 0.481 e. The molecule has 41 heavy (non-hydrogen) atoms. The summed E-state index contributed by atoms with van der Waals surface area (Å²) in [4.78, 5) is 14.6. The Morgan fingerprint density at radius 2 is 1.56 bits per heavy atom. The molecule has 2 aliphatic rings. The molecule has 0 spiro atoms. The first-order valence-electron chi connectivity index (χ1n) is 15.6. The fourth-order valence-corrected chi connectivity index (χ4v) is 6.75. The highest BCUT2D eigenvalue weighted by atomic mass is 32.2.